The minimum absolute atomic E-state index is 0.0909. The predicted octanol–water partition coefficient (Wildman–Crippen LogP) is 4.34. The number of amides is 2. The number of nitrogens with one attached hydrogen (secondary N) is 1. The van der Waals surface area contributed by atoms with Crippen LogP contribution in [0, 0.1) is 0 Å². The van der Waals surface area contributed by atoms with Gasteiger partial charge in [-0.3, -0.25) is 14.6 Å². The van der Waals surface area contributed by atoms with Crippen LogP contribution in [-0.4, -0.2) is 30.2 Å². The lowest BCUT2D eigenvalue weighted by atomic mass is 9.91. The summed E-state index contributed by atoms with van der Waals surface area (Å²) < 4.78 is 38.7. The van der Waals surface area contributed by atoms with Crippen molar-refractivity contribution in [3.05, 3.63) is 40.1 Å². The second kappa shape index (κ2) is 10.5. The van der Waals surface area contributed by atoms with Crippen LogP contribution >= 0.6 is 11.6 Å². The van der Waals surface area contributed by atoms with Crippen LogP contribution in [0.2, 0.25) is 5.02 Å². The lowest BCUT2D eigenvalue weighted by molar-refractivity contribution is -0.116. The van der Waals surface area contributed by atoms with Crippen LogP contribution < -0.4 is 16.8 Å². The number of primary amides is 1. The number of rotatable bonds is 7. The molecule has 1 aliphatic rings. The average Bonchev–Trinajstić information content (AvgIpc) is 2.68. The molecule has 0 saturated heterocycles. The standard InChI is InChI=1S/C20H24ClF3N4O2/c21-12-8-9-16(14(11-12)19(26)30)28-17(29)7-3-4-10-27-15-6-2-1-5-13(15)18(25)20(22,23)24/h8-9,11H,1-7,10,25H2,(H2,26,30)(H,28,29). The molecule has 0 atom stereocenters. The molecule has 0 radical (unpaired) electrons. The van der Waals surface area contributed by atoms with Crippen LogP contribution in [0.15, 0.2) is 34.5 Å². The summed E-state index contributed by atoms with van der Waals surface area (Å²) in [6.07, 6.45) is -1.21. The van der Waals surface area contributed by atoms with E-state index in [-0.39, 0.29) is 35.6 Å². The van der Waals surface area contributed by atoms with E-state index in [1.807, 2.05) is 0 Å². The Morgan fingerprint density at radius 3 is 2.50 bits per heavy atom. The molecule has 5 N–H and O–H groups in total. The number of hydrogen-bond donors (Lipinski definition) is 3. The fourth-order valence-corrected chi connectivity index (χ4v) is 3.35. The second-order valence-electron chi connectivity index (χ2n) is 6.98. The highest BCUT2D eigenvalue weighted by Crippen LogP contribution is 2.31. The van der Waals surface area contributed by atoms with Gasteiger partial charge in [0.2, 0.25) is 5.91 Å². The maximum Gasteiger partial charge on any atom is 0.431 e. The van der Waals surface area contributed by atoms with Crippen LogP contribution in [-0.2, 0) is 4.79 Å². The Morgan fingerprint density at radius 1 is 1.13 bits per heavy atom. The summed E-state index contributed by atoms with van der Waals surface area (Å²) in [5.74, 6) is -1.02. The molecule has 0 aromatic heterocycles. The van der Waals surface area contributed by atoms with Crippen molar-refractivity contribution in [1.82, 2.24) is 0 Å². The van der Waals surface area contributed by atoms with Gasteiger partial charge in [0.1, 0.15) is 5.70 Å². The van der Waals surface area contributed by atoms with E-state index in [0.29, 0.717) is 43.0 Å². The average molecular weight is 445 g/mol. The SMILES string of the molecule is NC(=O)c1cc(Cl)ccc1NC(=O)CCCCN=C1CCCCC1=C(N)C(F)(F)F. The van der Waals surface area contributed by atoms with Crippen molar-refractivity contribution in [2.45, 2.75) is 51.1 Å². The van der Waals surface area contributed by atoms with Gasteiger partial charge in [0.05, 0.1) is 11.3 Å². The molecule has 1 aromatic rings. The molecule has 0 spiro atoms. The molecule has 2 rings (SSSR count). The molecule has 2 amide bonds. The molecular formula is C20H24ClF3N4O2. The highest BCUT2D eigenvalue weighted by molar-refractivity contribution is 6.31. The molecule has 1 aromatic carbocycles. The Bertz CT molecular complexity index is 866. The van der Waals surface area contributed by atoms with E-state index in [0.717, 1.165) is 6.42 Å². The summed E-state index contributed by atoms with van der Waals surface area (Å²) in [5, 5.41) is 2.94. The number of alkyl halides is 3. The number of halogens is 4. The number of aliphatic imine (C=N–C) groups is 1. The van der Waals surface area contributed by atoms with Gasteiger partial charge in [-0.2, -0.15) is 13.2 Å². The van der Waals surface area contributed by atoms with Gasteiger partial charge >= 0.3 is 6.18 Å². The third-order valence-electron chi connectivity index (χ3n) is 4.71. The van der Waals surface area contributed by atoms with Gasteiger partial charge in [-0.15, -0.1) is 0 Å². The molecule has 164 valence electrons. The maximum absolute atomic E-state index is 12.9. The largest absolute Gasteiger partial charge is 0.431 e. The lowest BCUT2D eigenvalue weighted by Crippen LogP contribution is -2.26. The van der Waals surface area contributed by atoms with E-state index in [2.05, 4.69) is 10.3 Å². The third kappa shape index (κ3) is 6.76. The number of allylic oxidation sites excluding steroid dienone is 2. The maximum atomic E-state index is 12.9. The smallest absolute Gasteiger partial charge is 0.394 e. The van der Waals surface area contributed by atoms with E-state index in [1.165, 1.54) is 18.2 Å². The minimum atomic E-state index is -4.56. The molecule has 0 aliphatic heterocycles. The molecule has 30 heavy (non-hydrogen) atoms. The van der Waals surface area contributed by atoms with Gasteiger partial charge < -0.3 is 16.8 Å². The lowest BCUT2D eigenvalue weighted by Gasteiger charge is -2.20. The normalized spacial score (nSPS) is 17.7. The zero-order valence-corrected chi connectivity index (χ0v) is 17.1. The van der Waals surface area contributed by atoms with Gasteiger partial charge in [0, 0.05) is 29.3 Å². The molecule has 0 heterocycles. The first-order valence-electron chi connectivity index (χ1n) is 9.58. The summed E-state index contributed by atoms with van der Waals surface area (Å²) in [4.78, 5) is 27.9. The van der Waals surface area contributed by atoms with Crippen molar-refractivity contribution >= 4 is 34.8 Å². The Hall–Kier alpha value is -2.55. The highest BCUT2D eigenvalue weighted by atomic mass is 35.5. The Labute approximate surface area is 177 Å². The van der Waals surface area contributed by atoms with Crippen molar-refractivity contribution in [2.75, 3.05) is 11.9 Å². The number of hydrogen-bond acceptors (Lipinski definition) is 4. The number of benzene rings is 1. The Balaban J connectivity index is 1.88. The number of carbonyl (C=O) groups excluding carboxylic acids is 2. The molecular weight excluding hydrogens is 421 g/mol. The highest BCUT2D eigenvalue weighted by Gasteiger charge is 2.35. The van der Waals surface area contributed by atoms with Crippen molar-refractivity contribution in [2.24, 2.45) is 16.5 Å². The van der Waals surface area contributed by atoms with E-state index in [1.54, 1.807) is 0 Å². The van der Waals surface area contributed by atoms with Crippen molar-refractivity contribution in [3.8, 4) is 0 Å². The second-order valence-corrected chi connectivity index (χ2v) is 7.42. The summed E-state index contributed by atoms with van der Waals surface area (Å²) in [7, 11) is 0. The molecule has 0 unspecified atom stereocenters. The minimum Gasteiger partial charge on any atom is -0.394 e. The van der Waals surface area contributed by atoms with Crippen molar-refractivity contribution in [3.63, 3.8) is 0 Å². The fraction of sp³-hybridized carbons (Fsp3) is 0.450. The van der Waals surface area contributed by atoms with E-state index in [4.69, 9.17) is 23.1 Å². The topological polar surface area (TPSA) is 111 Å². The van der Waals surface area contributed by atoms with Crippen molar-refractivity contribution < 1.29 is 22.8 Å². The van der Waals surface area contributed by atoms with Crippen LogP contribution in [0.25, 0.3) is 0 Å². The summed E-state index contributed by atoms with van der Waals surface area (Å²) in [6.45, 7) is 0.310. The first-order valence-corrected chi connectivity index (χ1v) is 9.96. The van der Waals surface area contributed by atoms with E-state index >= 15 is 0 Å². The molecule has 10 heteroatoms. The van der Waals surface area contributed by atoms with Crippen LogP contribution in [0.1, 0.15) is 55.3 Å². The molecule has 1 aliphatic carbocycles. The zero-order chi connectivity index (χ0) is 22.3. The van der Waals surface area contributed by atoms with Crippen LogP contribution in [0.3, 0.4) is 0 Å². The molecule has 1 saturated carbocycles. The first kappa shape index (κ1) is 23.7. The summed E-state index contributed by atoms with van der Waals surface area (Å²) in [5.41, 5.74) is 10.4. The number of unbranched alkanes of at least 4 members (excludes halogenated alkanes) is 1. The quantitative estimate of drug-likeness (QED) is 0.544. The van der Waals surface area contributed by atoms with E-state index in [9.17, 15) is 22.8 Å². The van der Waals surface area contributed by atoms with Crippen LogP contribution in [0.4, 0.5) is 18.9 Å². The number of nitrogens with zero attached hydrogens (tertiary/aromatic N) is 1. The van der Waals surface area contributed by atoms with Gasteiger partial charge in [-0.1, -0.05) is 11.6 Å². The summed E-state index contributed by atoms with van der Waals surface area (Å²) in [6, 6.07) is 4.40. The number of nitrogens with two attached hydrogens (primary N) is 2. The van der Waals surface area contributed by atoms with E-state index < -0.39 is 17.8 Å². The van der Waals surface area contributed by atoms with Crippen LogP contribution in [0.5, 0.6) is 0 Å². The van der Waals surface area contributed by atoms with Gasteiger partial charge in [-0.25, -0.2) is 0 Å². The molecule has 0 bridgehead atoms. The number of anilines is 1. The van der Waals surface area contributed by atoms with Crippen molar-refractivity contribution in [1.29, 1.82) is 0 Å². The summed E-state index contributed by atoms with van der Waals surface area (Å²) >= 11 is 5.83. The van der Waals surface area contributed by atoms with Gasteiger partial charge in [-0.05, 0) is 56.7 Å². The predicted molar refractivity (Wildman–Crippen MR) is 110 cm³/mol. The fourth-order valence-electron chi connectivity index (χ4n) is 3.18. The third-order valence-corrected chi connectivity index (χ3v) is 4.94. The van der Waals surface area contributed by atoms with Gasteiger partial charge in [0.25, 0.3) is 5.91 Å². The Kier molecular flexibility index (Phi) is 8.28. The zero-order valence-electron chi connectivity index (χ0n) is 16.3. The Morgan fingerprint density at radius 2 is 1.83 bits per heavy atom. The molecule has 1 fully saturated rings. The molecule has 6 nitrogen and oxygen atoms in total. The monoisotopic (exact) mass is 444 g/mol. The van der Waals surface area contributed by atoms with Gasteiger partial charge in [0.15, 0.2) is 0 Å². The first-order chi connectivity index (χ1) is 14.1. The number of carbonyl (C=O) groups is 2.